The van der Waals surface area contributed by atoms with E-state index in [1.807, 2.05) is 0 Å². The maximum atomic E-state index is 11.1. The summed E-state index contributed by atoms with van der Waals surface area (Å²) in [6.07, 6.45) is 2.18. The van der Waals surface area contributed by atoms with Crippen molar-refractivity contribution in [3.05, 3.63) is 0 Å². The van der Waals surface area contributed by atoms with Crippen molar-refractivity contribution < 1.29 is 9.53 Å². The Hall–Kier alpha value is -0.530. The minimum Gasteiger partial charge on any atom is -0.461 e. The predicted octanol–water partition coefficient (Wildman–Crippen LogP) is 2.37. The molecular formula is C10H18O2. The van der Waals surface area contributed by atoms with Gasteiger partial charge in [0, 0.05) is 0 Å². The second-order valence-corrected chi connectivity index (χ2v) is 4.62. The topological polar surface area (TPSA) is 26.3 Å². The summed E-state index contributed by atoms with van der Waals surface area (Å²) in [5, 5.41) is 0. The third-order valence-corrected chi connectivity index (χ3v) is 2.36. The Morgan fingerprint density at radius 2 is 2.00 bits per heavy atom. The van der Waals surface area contributed by atoms with Crippen LogP contribution < -0.4 is 0 Å². The first-order valence-electron chi connectivity index (χ1n) is 4.67. The largest absolute Gasteiger partial charge is 0.461 e. The first kappa shape index (κ1) is 9.56. The minimum absolute atomic E-state index is 0.00299. The minimum atomic E-state index is -0.00299. The molecule has 2 heteroatoms. The molecule has 0 aromatic rings. The Bertz CT molecular complexity index is 179. The highest BCUT2D eigenvalue weighted by molar-refractivity contribution is 5.78. The molecule has 1 fully saturated rings. The van der Waals surface area contributed by atoms with Gasteiger partial charge in [-0.25, -0.2) is 0 Å². The fourth-order valence-electron chi connectivity index (χ4n) is 1.71. The van der Waals surface area contributed by atoms with Crippen molar-refractivity contribution in [1.82, 2.24) is 0 Å². The molecule has 0 unspecified atom stereocenters. The van der Waals surface area contributed by atoms with Crippen molar-refractivity contribution in [2.45, 2.75) is 46.6 Å². The molecule has 0 aliphatic carbocycles. The lowest BCUT2D eigenvalue weighted by Gasteiger charge is -2.43. The fourth-order valence-corrected chi connectivity index (χ4v) is 1.71. The number of esters is 1. The highest BCUT2D eigenvalue weighted by atomic mass is 16.6. The Balaban J connectivity index is 2.54. The van der Waals surface area contributed by atoms with E-state index in [0.29, 0.717) is 0 Å². The smallest absolute Gasteiger partial charge is 0.313 e. The molecule has 0 saturated carbocycles. The standard InChI is InChI=1S/C10H18O2/c1-5-6-7-8(10(2,3)4)12-9(7)11/h7-8H,5-6H2,1-4H3/t7-,8+/m1/s1. The predicted molar refractivity (Wildman–Crippen MR) is 47.7 cm³/mol. The van der Waals surface area contributed by atoms with Gasteiger partial charge in [0.15, 0.2) is 0 Å². The molecule has 0 spiro atoms. The molecule has 0 N–H and O–H groups in total. The summed E-state index contributed by atoms with van der Waals surface area (Å²) in [4.78, 5) is 11.1. The van der Waals surface area contributed by atoms with E-state index in [1.54, 1.807) is 0 Å². The Morgan fingerprint density at radius 1 is 1.42 bits per heavy atom. The van der Waals surface area contributed by atoms with E-state index in [0.717, 1.165) is 12.8 Å². The highest BCUT2D eigenvalue weighted by Crippen LogP contribution is 2.38. The lowest BCUT2D eigenvalue weighted by Crippen LogP contribution is -2.52. The van der Waals surface area contributed by atoms with Gasteiger partial charge in [0.25, 0.3) is 0 Å². The third kappa shape index (κ3) is 1.62. The number of ether oxygens (including phenoxy) is 1. The molecular weight excluding hydrogens is 152 g/mol. The van der Waals surface area contributed by atoms with E-state index in [2.05, 4.69) is 27.7 Å². The molecule has 1 heterocycles. The molecule has 0 amide bonds. The van der Waals surface area contributed by atoms with Gasteiger partial charge in [-0.15, -0.1) is 0 Å². The lowest BCUT2D eigenvalue weighted by molar-refractivity contribution is -0.199. The second-order valence-electron chi connectivity index (χ2n) is 4.62. The zero-order valence-corrected chi connectivity index (χ0v) is 8.39. The summed E-state index contributed by atoms with van der Waals surface area (Å²) in [6, 6.07) is 0. The zero-order valence-electron chi connectivity index (χ0n) is 8.39. The van der Waals surface area contributed by atoms with E-state index in [9.17, 15) is 4.79 Å². The van der Waals surface area contributed by atoms with Crippen LogP contribution in [0.5, 0.6) is 0 Å². The first-order valence-corrected chi connectivity index (χ1v) is 4.67. The molecule has 1 aliphatic rings. The average molecular weight is 170 g/mol. The SMILES string of the molecule is CCC[C@H]1C(=O)O[C@@H]1C(C)(C)C. The molecule has 0 radical (unpaired) electrons. The van der Waals surface area contributed by atoms with Crippen LogP contribution in [0.25, 0.3) is 0 Å². The zero-order chi connectivity index (χ0) is 9.35. The quantitative estimate of drug-likeness (QED) is 0.595. The molecule has 2 nitrogen and oxygen atoms in total. The lowest BCUT2D eigenvalue weighted by atomic mass is 9.76. The molecule has 2 atom stereocenters. The van der Waals surface area contributed by atoms with E-state index >= 15 is 0 Å². The van der Waals surface area contributed by atoms with Crippen LogP contribution in [0.2, 0.25) is 0 Å². The van der Waals surface area contributed by atoms with Crippen LogP contribution in [-0.2, 0) is 9.53 Å². The Labute approximate surface area is 74.3 Å². The molecule has 0 aromatic carbocycles. The van der Waals surface area contributed by atoms with Gasteiger partial charge in [0.1, 0.15) is 6.10 Å². The number of rotatable bonds is 2. The molecule has 12 heavy (non-hydrogen) atoms. The van der Waals surface area contributed by atoms with Gasteiger partial charge in [-0.2, -0.15) is 0 Å². The normalized spacial score (nSPS) is 29.5. The van der Waals surface area contributed by atoms with Crippen LogP contribution in [0.4, 0.5) is 0 Å². The van der Waals surface area contributed by atoms with Gasteiger partial charge in [0.05, 0.1) is 5.92 Å². The molecule has 1 aliphatic heterocycles. The van der Waals surface area contributed by atoms with Gasteiger partial charge in [0.2, 0.25) is 0 Å². The molecule has 0 aromatic heterocycles. The number of carbonyl (C=O) groups excluding carboxylic acids is 1. The molecule has 70 valence electrons. The van der Waals surface area contributed by atoms with Crippen molar-refractivity contribution in [2.24, 2.45) is 11.3 Å². The summed E-state index contributed by atoms with van der Waals surface area (Å²) in [5.41, 5.74) is 0.105. The van der Waals surface area contributed by atoms with Crippen molar-refractivity contribution in [2.75, 3.05) is 0 Å². The van der Waals surface area contributed by atoms with Crippen molar-refractivity contribution in [3.63, 3.8) is 0 Å². The van der Waals surface area contributed by atoms with Crippen LogP contribution in [0.15, 0.2) is 0 Å². The Kier molecular flexibility index (Phi) is 2.45. The van der Waals surface area contributed by atoms with Crippen LogP contribution in [0.3, 0.4) is 0 Å². The summed E-state index contributed by atoms with van der Waals surface area (Å²) >= 11 is 0. The van der Waals surface area contributed by atoms with Crippen molar-refractivity contribution in [3.8, 4) is 0 Å². The average Bonchev–Trinajstić information content (AvgIpc) is 1.93. The summed E-state index contributed by atoms with van der Waals surface area (Å²) in [7, 11) is 0. The van der Waals surface area contributed by atoms with Gasteiger partial charge >= 0.3 is 5.97 Å². The van der Waals surface area contributed by atoms with Crippen LogP contribution in [-0.4, -0.2) is 12.1 Å². The third-order valence-electron chi connectivity index (χ3n) is 2.36. The number of carbonyl (C=O) groups is 1. The second kappa shape index (κ2) is 3.08. The number of cyclic esters (lactones) is 1. The molecule has 0 bridgehead atoms. The molecule has 1 rings (SSSR count). The summed E-state index contributed by atoms with van der Waals surface area (Å²) in [5.74, 6) is 0.159. The molecule has 1 saturated heterocycles. The summed E-state index contributed by atoms with van der Waals surface area (Å²) < 4.78 is 5.13. The van der Waals surface area contributed by atoms with Gasteiger partial charge in [-0.05, 0) is 11.8 Å². The maximum Gasteiger partial charge on any atom is 0.313 e. The maximum absolute atomic E-state index is 11.1. The fraction of sp³-hybridized carbons (Fsp3) is 0.900. The van der Waals surface area contributed by atoms with Crippen LogP contribution >= 0.6 is 0 Å². The van der Waals surface area contributed by atoms with E-state index in [1.165, 1.54) is 0 Å². The van der Waals surface area contributed by atoms with E-state index < -0.39 is 0 Å². The van der Waals surface area contributed by atoms with Crippen LogP contribution in [0, 0.1) is 11.3 Å². The monoisotopic (exact) mass is 170 g/mol. The number of hydrogen-bond acceptors (Lipinski definition) is 2. The van der Waals surface area contributed by atoms with Gasteiger partial charge < -0.3 is 4.74 Å². The summed E-state index contributed by atoms with van der Waals surface area (Å²) in [6.45, 7) is 8.46. The van der Waals surface area contributed by atoms with Gasteiger partial charge in [-0.1, -0.05) is 34.1 Å². The Morgan fingerprint density at radius 3 is 2.33 bits per heavy atom. The first-order chi connectivity index (χ1) is 5.46. The van der Waals surface area contributed by atoms with E-state index in [4.69, 9.17) is 4.74 Å². The van der Waals surface area contributed by atoms with Gasteiger partial charge in [-0.3, -0.25) is 4.79 Å². The van der Waals surface area contributed by atoms with Crippen LogP contribution in [0.1, 0.15) is 40.5 Å². The highest BCUT2D eigenvalue weighted by Gasteiger charge is 2.47. The number of hydrogen-bond donors (Lipinski definition) is 0. The van der Waals surface area contributed by atoms with Crippen molar-refractivity contribution in [1.29, 1.82) is 0 Å². The van der Waals surface area contributed by atoms with Crippen molar-refractivity contribution >= 4 is 5.97 Å². The van der Waals surface area contributed by atoms with E-state index in [-0.39, 0.29) is 23.4 Å².